The van der Waals surface area contributed by atoms with Crippen LogP contribution in [0.1, 0.15) is 64.2 Å². The summed E-state index contributed by atoms with van der Waals surface area (Å²) in [6, 6.07) is 6.33. The number of halogens is 1. The van der Waals surface area contributed by atoms with E-state index in [1.807, 2.05) is 26.8 Å². The molecule has 0 N–H and O–H groups in total. The molecule has 0 nitrogen and oxygen atoms in total. The summed E-state index contributed by atoms with van der Waals surface area (Å²) in [5, 5.41) is 0. The van der Waals surface area contributed by atoms with Gasteiger partial charge in [0.2, 0.25) is 0 Å². The Morgan fingerprint density at radius 3 is 2.26 bits per heavy atom. The largest absolute Gasteiger partial charge is 0.243 e. The molecule has 19 heavy (non-hydrogen) atoms. The van der Waals surface area contributed by atoms with E-state index in [0.29, 0.717) is 6.42 Å². The SMILES string of the molecule is C/C=C\c1cc(C(C)(CC)C(C)(F)CC)ccc1C. The zero-order valence-electron chi connectivity index (χ0n) is 13.2. The van der Waals surface area contributed by atoms with Gasteiger partial charge in [-0.15, -0.1) is 0 Å². The Labute approximate surface area is 117 Å². The van der Waals surface area contributed by atoms with E-state index in [1.54, 1.807) is 6.92 Å². The molecule has 1 aromatic rings. The lowest BCUT2D eigenvalue weighted by Crippen LogP contribution is -2.43. The summed E-state index contributed by atoms with van der Waals surface area (Å²) in [5.74, 6) is 0. The highest BCUT2D eigenvalue weighted by atomic mass is 19.1. The van der Waals surface area contributed by atoms with E-state index in [2.05, 4.69) is 38.1 Å². The third-order valence-corrected chi connectivity index (χ3v) is 4.78. The van der Waals surface area contributed by atoms with Crippen LogP contribution in [0.5, 0.6) is 0 Å². The van der Waals surface area contributed by atoms with Crippen LogP contribution in [0.15, 0.2) is 24.3 Å². The molecule has 0 heterocycles. The predicted molar refractivity (Wildman–Crippen MR) is 83.3 cm³/mol. The molecule has 0 radical (unpaired) electrons. The average Bonchev–Trinajstić information content (AvgIpc) is 2.40. The van der Waals surface area contributed by atoms with E-state index in [9.17, 15) is 4.39 Å². The Kier molecular flexibility index (Phi) is 4.95. The molecule has 2 atom stereocenters. The fourth-order valence-electron chi connectivity index (χ4n) is 2.61. The molecule has 0 fully saturated rings. The molecule has 1 aromatic carbocycles. The molecule has 1 heteroatoms. The zero-order chi connectivity index (χ0) is 14.7. The molecule has 0 amide bonds. The van der Waals surface area contributed by atoms with Gasteiger partial charge in [-0.1, -0.05) is 51.1 Å². The van der Waals surface area contributed by atoms with Crippen molar-refractivity contribution < 1.29 is 4.39 Å². The van der Waals surface area contributed by atoms with Crippen LogP contribution in [-0.2, 0) is 5.41 Å². The molecule has 0 spiro atoms. The number of hydrogen-bond acceptors (Lipinski definition) is 0. The lowest BCUT2D eigenvalue weighted by Gasteiger charge is -2.40. The van der Waals surface area contributed by atoms with Crippen LogP contribution in [0, 0.1) is 6.92 Å². The Morgan fingerprint density at radius 1 is 1.16 bits per heavy atom. The minimum Gasteiger partial charge on any atom is -0.243 e. The highest BCUT2D eigenvalue weighted by Gasteiger charge is 2.43. The van der Waals surface area contributed by atoms with Crippen LogP contribution in [0.2, 0.25) is 0 Å². The van der Waals surface area contributed by atoms with Gasteiger partial charge >= 0.3 is 0 Å². The van der Waals surface area contributed by atoms with Crippen LogP contribution in [-0.4, -0.2) is 5.67 Å². The van der Waals surface area contributed by atoms with Crippen LogP contribution in [0.4, 0.5) is 4.39 Å². The van der Waals surface area contributed by atoms with Gasteiger partial charge in [0.05, 0.1) is 0 Å². The average molecular weight is 262 g/mol. The summed E-state index contributed by atoms with van der Waals surface area (Å²) in [6.45, 7) is 11.9. The maximum Gasteiger partial charge on any atom is 0.117 e. The van der Waals surface area contributed by atoms with Crippen molar-refractivity contribution in [1.82, 2.24) is 0 Å². The van der Waals surface area contributed by atoms with E-state index >= 15 is 0 Å². The molecule has 0 aliphatic carbocycles. The van der Waals surface area contributed by atoms with Crippen molar-refractivity contribution in [2.24, 2.45) is 0 Å². The fourth-order valence-corrected chi connectivity index (χ4v) is 2.61. The van der Waals surface area contributed by atoms with Crippen LogP contribution >= 0.6 is 0 Å². The Hall–Kier alpha value is -1.11. The van der Waals surface area contributed by atoms with Crippen molar-refractivity contribution in [1.29, 1.82) is 0 Å². The van der Waals surface area contributed by atoms with E-state index in [-0.39, 0.29) is 0 Å². The first-order valence-electron chi connectivity index (χ1n) is 7.25. The fraction of sp³-hybridized carbons (Fsp3) is 0.556. The number of aryl methyl sites for hydroxylation is 1. The molecule has 0 aliphatic rings. The van der Waals surface area contributed by atoms with Gasteiger partial charge in [-0.3, -0.25) is 0 Å². The number of hydrogen-bond donors (Lipinski definition) is 0. The lowest BCUT2D eigenvalue weighted by molar-refractivity contribution is 0.0722. The van der Waals surface area contributed by atoms with Crippen LogP contribution in [0.3, 0.4) is 0 Å². The molecule has 0 aliphatic heterocycles. The van der Waals surface area contributed by atoms with E-state index < -0.39 is 11.1 Å². The molecule has 0 aromatic heterocycles. The monoisotopic (exact) mass is 262 g/mol. The second-order valence-corrected chi connectivity index (χ2v) is 5.81. The smallest absolute Gasteiger partial charge is 0.117 e. The maximum absolute atomic E-state index is 15.0. The first-order chi connectivity index (χ1) is 8.82. The second kappa shape index (κ2) is 5.90. The van der Waals surface area contributed by atoms with Crippen molar-refractivity contribution in [2.75, 3.05) is 0 Å². The summed E-state index contributed by atoms with van der Waals surface area (Å²) < 4.78 is 15.0. The minimum absolute atomic E-state index is 0.439. The van der Waals surface area contributed by atoms with Gasteiger partial charge in [-0.2, -0.15) is 0 Å². The summed E-state index contributed by atoms with van der Waals surface area (Å²) in [7, 11) is 0. The van der Waals surface area contributed by atoms with Gasteiger partial charge in [0.25, 0.3) is 0 Å². The summed E-state index contributed by atoms with van der Waals surface area (Å²) >= 11 is 0. The van der Waals surface area contributed by atoms with Gasteiger partial charge in [0.1, 0.15) is 5.67 Å². The standard InChI is InChI=1S/C18H27F/c1-7-10-15-13-16(12-11-14(15)4)17(5,8-2)18(6,19)9-3/h7,10-13H,8-9H2,1-6H3/b10-7-. The van der Waals surface area contributed by atoms with Crippen molar-refractivity contribution in [3.05, 3.63) is 41.0 Å². The van der Waals surface area contributed by atoms with Crippen molar-refractivity contribution in [3.63, 3.8) is 0 Å². The quantitative estimate of drug-likeness (QED) is 0.626. The molecule has 2 unspecified atom stereocenters. The Bertz CT molecular complexity index is 457. The topological polar surface area (TPSA) is 0 Å². The first-order valence-corrected chi connectivity index (χ1v) is 7.25. The van der Waals surface area contributed by atoms with Gasteiger partial charge in [-0.25, -0.2) is 4.39 Å². The number of alkyl halides is 1. The van der Waals surface area contributed by atoms with E-state index in [0.717, 1.165) is 12.0 Å². The molecule has 106 valence electrons. The highest BCUT2D eigenvalue weighted by Crippen LogP contribution is 2.43. The van der Waals surface area contributed by atoms with Crippen molar-refractivity contribution in [2.45, 2.75) is 65.5 Å². The van der Waals surface area contributed by atoms with Gasteiger partial charge in [-0.05, 0) is 50.3 Å². The number of rotatable bonds is 5. The van der Waals surface area contributed by atoms with Crippen LogP contribution < -0.4 is 0 Å². The maximum atomic E-state index is 15.0. The van der Waals surface area contributed by atoms with Gasteiger partial charge < -0.3 is 0 Å². The number of benzene rings is 1. The van der Waals surface area contributed by atoms with Crippen molar-refractivity contribution >= 4 is 6.08 Å². The zero-order valence-corrected chi connectivity index (χ0v) is 13.2. The highest BCUT2D eigenvalue weighted by molar-refractivity contribution is 5.55. The normalized spacial score (nSPS) is 18.3. The Balaban J connectivity index is 3.38. The summed E-state index contributed by atoms with van der Waals surface area (Å²) in [6.07, 6.45) is 5.46. The predicted octanol–water partition coefficient (Wildman–Crippen LogP) is 5.83. The molecule has 0 saturated carbocycles. The van der Waals surface area contributed by atoms with Gasteiger partial charge in [0, 0.05) is 5.41 Å². The first kappa shape index (κ1) is 15.9. The van der Waals surface area contributed by atoms with Crippen LogP contribution in [0.25, 0.3) is 6.08 Å². The lowest BCUT2D eigenvalue weighted by atomic mass is 9.67. The molecular formula is C18H27F. The Morgan fingerprint density at radius 2 is 1.79 bits per heavy atom. The van der Waals surface area contributed by atoms with Crippen molar-refractivity contribution in [3.8, 4) is 0 Å². The molecule has 1 rings (SSSR count). The second-order valence-electron chi connectivity index (χ2n) is 5.81. The third kappa shape index (κ3) is 2.91. The van der Waals surface area contributed by atoms with Gasteiger partial charge in [0.15, 0.2) is 0 Å². The summed E-state index contributed by atoms with van der Waals surface area (Å²) in [4.78, 5) is 0. The third-order valence-electron chi connectivity index (χ3n) is 4.78. The van der Waals surface area contributed by atoms with E-state index in [4.69, 9.17) is 0 Å². The molecule has 0 bridgehead atoms. The summed E-state index contributed by atoms with van der Waals surface area (Å²) in [5.41, 5.74) is 1.89. The minimum atomic E-state index is -1.19. The number of allylic oxidation sites excluding steroid dienone is 1. The molecule has 0 saturated heterocycles. The van der Waals surface area contributed by atoms with E-state index in [1.165, 1.54) is 11.1 Å². The molecular weight excluding hydrogens is 235 g/mol.